The molecule has 0 spiro atoms. The van der Waals surface area contributed by atoms with Crippen LogP contribution < -0.4 is 5.73 Å². The molecule has 108 valence electrons. The van der Waals surface area contributed by atoms with E-state index in [9.17, 15) is 0 Å². The van der Waals surface area contributed by atoms with Gasteiger partial charge in [-0.15, -0.1) is 11.3 Å². The van der Waals surface area contributed by atoms with E-state index in [2.05, 4.69) is 34.5 Å². The molecular weight excluding hydrogens is 270 g/mol. The summed E-state index contributed by atoms with van der Waals surface area (Å²) in [5, 5.41) is 6.25. The topological polar surface area (TPSA) is 55.3 Å². The van der Waals surface area contributed by atoms with Gasteiger partial charge in [0.1, 0.15) is 0 Å². The third kappa shape index (κ3) is 2.95. The van der Waals surface area contributed by atoms with Gasteiger partial charge in [0, 0.05) is 19.2 Å². The lowest BCUT2D eigenvalue weighted by molar-refractivity contribution is 0.124. The molecule has 3 heterocycles. The monoisotopic (exact) mass is 291 g/mol. The van der Waals surface area contributed by atoms with E-state index in [1.54, 1.807) is 11.3 Å². The van der Waals surface area contributed by atoms with E-state index in [4.69, 9.17) is 10.3 Å². The minimum Gasteiger partial charge on any atom is -0.355 e. The van der Waals surface area contributed by atoms with Crippen molar-refractivity contribution in [1.29, 1.82) is 0 Å². The van der Waals surface area contributed by atoms with Crippen LogP contribution in [0.25, 0.3) is 10.6 Å². The molecule has 1 fully saturated rings. The van der Waals surface area contributed by atoms with E-state index in [0.717, 1.165) is 48.4 Å². The van der Waals surface area contributed by atoms with Crippen LogP contribution in [0.15, 0.2) is 28.1 Å². The highest BCUT2D eigenvalue weighted by molar-refractivity contribution is 7.13. The van der Waals surface area contributed by atoms with Gasteiger partial charge in [0.2, 0.25) is 0 Å². The lowest BCUT2D eigenvalue weighted by Crippen LogP contribution is -2.42. The Bertz CT molecular complexity index is 537. The van der Waals surface area contributed by atoms with Crippen LogP contribution in [0.4, 0.5) is 0 Å². The molecule has 0 bridgehead atoms. The number of nitrogens with zero attached hydrogens (tertiary/aromatic N) is 2. The third-order valence-electron chi connectivity index (χ3n) is 4.21. The van der Waals surface area contributed by atoms with Crippen molar-refractivity contribution in [3.05, 3.63) is 29.3 Å². The summed E-state index contributed by atoms with van der Waals surface area (Å²) in [6.45, 7) is 6.13. The van der Waals surface area contributed by atoms with Crippen molar-refractivity contribution in [2.24, 2.45) is 17.6 Å². The summed E-state index contributed by atoms with van der Waals surface area (Å²) in [5.74, 6) is 2.21. The van der Waals surface area contributed by atoms with Gasteiger partial charge in [0.15, 0.2) is 5.76 Å². The summed E-state index contributed by atoms with van der Waals surface area (Å²) in [5.41, 5.74) is 6.87. The van der Waals surface area contributed by atoms with E-state index in [0.29, 0.717) is 5.92 Å². The fraction of sp³-hybridized carbons (Fsp3) is 0.533. The Hall–Kier alpha value is -1.17. The summed E-state index contributed by atoms with van der Waals surface area (Å²) in [6, 6.07) is 6.14. The first kappa shape index (κ1) is 13.8. The van der Waals surface area contributed by atoms with Crippen LogP contribution in [0.5, 0.6) is 0 Å². The van der Waals surface area contributed by atoms with Crippen LogP contribution in [0.3, 0.4) is 0 Å². The van der Waals surface area contributed by atoms with Crippen molar-refractivity contribution in [1.82, 2.24) is 10.1 Å². The Labute approximate surface area is 123 Å². The lowest BCUT2D eigenvalue weighted by Gasteiger charge is -2.36. The highest BCUT2D eigenvalue weighted by atomic mass is 32.1. The van der Waals surface area contributed by atoms with Gasteiger partial charge in [0.05, 0.1) is 10.6 Å². The van der Waals surface area contributed by atoms with Crippen LogP contribution in [-0.2, 0) is 6.54 Å². The second kappa shape index (κ2) is 6.08. The summed E-state index contributed by atoms with van der Waals surface area (Å²) in [6.07, 6.45) is 1.22. The summed E-state index contributed by atoms with van der Waals surface area (Å²) in [7, 11) is 0. The molecule has 2 N–H and O–H groups in total. The zero-order valence-electron chi connectivity index (χ0n) is 11.8. The van der Waals surface area contributed by atoms with E-state index >= 15 is 0 Å². The van der Waals surface area contributed by atoms with Gasteiger partial charge in [-0.2, -0.15) is 0 Å². The van der Waals surface area contributed by atoms with Gasteiger partial charge >= 0.3 is 0 Å². The Kier molecular flexibility index (Phi) is 4.19. The van der Waals surface area contributed by atoms with Gasteiger partial charge < -0.3 is 10.3 Å². The average molecular weight is 291 g/mol. The summed E-state index contributed by atoms with van der Waals surface area (Å²) < 4.78 is 5.43. The summed E-state index contributed by atoms with van der Waals surface area (Å²) in [4.78, 5) is 3.57. The normalized spacial score (nSPS) is 24.1. The molecule has 2 atom stereocenters. The molecule has 3 rings (SSSR count). The van der Waals surface area contributed by atoms with Crippen LogP contribution in [0.1, 0.15) is 19.0 Å². The SMILES string of the molecule is CC1CCN(Cc2cc(-c3cccs3)on2)CC1CN. The van der Waals surface area contributed by atoms with Crippen molar-refractivity contribution < 1.29 is 4.52 Å². The Morgan fingerprint density at radius 2 is 2.45 bits per heavy atom. The molecule has 1 aliphatic heterocycles. The standard InChI is InChI=1S/C15H21N3OS/c1-11-4-5-18(9-12(11)8-16)10-13-7-14(19-17-13)15-3-2-6-20-15/h2-3,6-7,11-12H,4-5,8-10,16H2,1H3. The average Bonchev–Trinajstić information content (AvgIpc) is 3.11. The number of thiophene rings is 1. The predicted molar refractivity (Wildman–Crippen MR) is 81.4 cm³/mol. The number of piperidine rings is 1. The molecule has 2 unspecified atom stereocenters. The maximum absolute atomic E-state index is 5.86. The highest BCUT2D eigenvalue weighted by Crippen LogP contribution is 2.27. The van der Waals surface area contributed by atoms with Gasteiger partial charge in [-0.05, 0) is 42.8 Å². The molecule has 2 aromatic rings. The first-order valence-electron chi connectivity index (χ1n) is 7.18. The molecule has 0 radical (unpaired) electrons. The molecular formula is C15H21N3OS. The minimum atomic E-state index is 0.604. The van der Waals surface area contributed by atoms with E-state index < -0.39 is 0 Å². The quantitative estimate of drug-likeness (QED) is 0.941. The van der Waals surface area contributed by atoms with Crippen LogP contribution >= 0.6 is 11.3 Å². The third-order valence-corrected chi connectivity index (χ3v) is 5.09. The largest absolute Gasteiger partial charge is 0.355 e. The highest BCUT2D eigenvalue weighted by Gasteiger charge is 2.25. The number of hydrogen-bond donors (Lipinski definition) is 1. The van der Waals surface area contributed by atoms with E-state index in [1.807, 2.05) is 6.07 Å². The predicted octanol–water partition coefficient (Wildman–Crippen LogP) is 2.82. The Morgan fingerprint density at radius 1 is 1.55 bits per heavy atom. The van der Waals surface area contributed by atoms with Crippen molar-refractivity contribution >= 4 is 11.3 Å². The molecule has 0 aromatic carbocycles. The maximum Gasteiger partial charge on any atom is 0.177 e. The first-order valence-corrected chi connectivity index (χ1v) is 8.06. The minimum absolute atomic E-state index is 0.604. The number of nitrogens with two attached hydrogens (primary N) is 1. The summed E-state index contributed by atoms with van der Waals surface area (Å²) >= 11 is 1.68. The number of rotatable bonds is 4. The van der Waals surface area contributed by atoms with Crippen molar-refractivity contribution in [2.75, 3.05) is 19.6 Å². The molecule has 0 amide bonds. The molecule has 0 saturated carbocycles. The van der Waals surface area contributed by atoms with Gasteiger partial charge in [0.25, 0.3) is 0 Å². The number of likely N-dealkylation sites (tertiary alicyclic amines) is 1. The van der Waals surface area contributed by atoms with Gasteiger partial charge in [-0.1, -0.05) is 18.1 Å². The fourth-order valence-corrected chi connectivity index (χ4v) is 3.50. The van der Waals surface area contributed by atoms with Crippen molar-refractivity contribution in [3.8, 4) is 10.6 Å². The van der Waals surface area contributed by atoms with Crippen molar-refractivity contribution in [3.63, 3.8) is 0 Å². The fourth-order valence-electron chi connectivity index (χ4n) is 2.83. The van der Waals surface area contributed by atoms with Crippen LogP contribution in [0, 0.1) is 11.8 Å². The van der Waals surface area contributed by atoms with Crippen molar-refractivity contribution in [2.45, 2.75) is 19.9 Å². The zero-order valence-corrected chi connectivity index (χ0v) is 12.6. The molecule has 1 aliphatic rings. The first-order chi connectivity index (χ1) is 9.76. The molecule has 20 heavy (non-hydrogen) atoms. The maximum atomic E-state index is 5.86. The van der Waals surface area contributed by atoms with Gasteiger partial charge in [-0.25, -0.2) is 0 Å². The lowest BCUT2D eigenvalue weighted by atomic mass is 9.87. The molecule has 0 aliphatic carbocycles. The smallest absolute Gasteiger partial charge is 0.177 e. The van der Waals surface area contributed by atoms with Crippen LogP contribution in [-0.4, -0.2) is 29.7 Å². The zero-order chi connectivity index (χ0) is 13.9. The second-order valence-electron chi connectivity index (χ2n) is 5.66. The Morgan fingerprint density at radius 3 is 3.20 bits per heavy atom. The number of hydrogen-bond acceptors (Lipinski definition) is 5. The van der Waals surface area contributed by atoms with E-state index in [1.165, 1.54) is 6.42 Å². The molecule has 5 heteroatoms. The Balaban J connectivity index is 1.64. The van der Waals surface area contributed by atoms with Gasteiger partial charge in [-0.3, -0.25) is 4.90 Å². The molecule has 1 saturated heterocycles. The molecule has 4 nitrogen and oxygen atoms in total. The second-order valence-corrected chi connectivity index (χ2v) is 6.60. The van der Waals surface area contributed by atoms with Crippen LogP contribution in [0.2, 0.25) is 0 Å². The van der Waals surface area contributed by atoms with E-state index in [-0.39, 0.29) is 0 Å². The molecule has 2 aromatic heterocycles. The number of aromatic nitrogens is 1.